The Hall–Kier alpha value is -2.57. The smallest absolute Gasteiger partial charge is 0.254 e. The number of aryl methyl sites for hydroxylation is 1. The molecule has 4 rings (SSSR count). The molecule has 1 aliphatic heterocycles. The highest BCUT2D eigenvalue weighted by Crippen LogP contribution is 2.35. The van der Waals surface area contributed by atoms with Gasteiger partial charge in [-0.15, -0.1) is 11.3 Å². The molecule has 0 bridgehead atoms. The van der Waals surface area contributed by atoms with Crippen LogP contribution in [0.15, 0.2) is 41.8 Å². The average Bonchev–Trinajstić information content (AvgIpc) is 3.30. The van der Waals surface area contributed by atoms with Gasteiger partial charge in [-0.1, -0.05) is 18.2 Å². The summed E-state index contributed by atoms with van der Waals surface area (Å²) >= 11 is 1.78. The lowest BCUT2D eigenvalue weighted by Gasteiger charge is -2.27. The Morgan fingerprint density at radius 3 is 2.63 bits per heavy atom. The van der Waals surface area contributed by atoms with Gasteiger partial charge < -0.3 is 20.1 Å². The van der Waals surface area contributed by atoms with Gasteiger partial charge in [0, 0.05) is 28.9 Å². The molecule has 0 radical (unpaired) electrons. The number of hydrogen-bond donors (Lipinski definition) is 1. The number of nitrogens with two attached hydrogens (primary N) is 1. The molecule has 1 amide bonds. The van der Waals surface area contributed by atoms with Crippen molar-refractivity contribution in [2.45, 2.75) is 38.3 Å². The molecule has 0 aliphatic carbocycles. The number of benzene rings is 2. The van der Waals surface area contributed by atoms with Gasteiger partial charge in [0.2, 0.25) is 0 Å². The minimum atomic E-state index is -0.340. The Bertz CT molecular complexity index is 1070. The average molecular weight is 425 g/mol. The van der Waals surface area contributed by atoms with E-state index in [1.165, 1.54) is 15.6 Å². The Labute approximate surface area is 181 Å². The lowest BCUT2D eigenvalue weighted by molar-refractivity contribution is 0.0766. The van der Waals surface area contributed by atoms with Crippen molar-refractivity contribution in [3.8, 4) is 11.5 Å². The lowest BCUT2D eigenvalue weighted by Crippen LogP contribution is -2.40. The predicted octanol–water partition coefficient (Wildman–Crippen LogP) is 4.61. The van der Waals surface area contributed by atoms with E-state index < -0.39 is 0 Å². The highest BCUT2D eigenvalue weighted by atomic mass is 32.1. The summed E-state index contributed by atoms with van der Waals surface area (Å²) in [4.78, 5) is 14.7. The van der Waals surface area contributed by atoms with E-state index in [1.54, 1.807) is 31.6 Å². The van der Waals surface area contributed by atoms with E-state index >= 15 is 0 Å². The number of rotatable bonds is 8. The molecular formula is C24H28N2O3S. The van der Waals surface area contributed by atoms with Crippen molar-refractivity contribution < 1.29 is 14.3 Å². The Morgan fingerprint density at radius 2 is 1.87 bits per heavy atom. The number of ether oxygens (including phenoxy) is 2. The van der Waals surface area contributed by atoms with Crippen molar-refractivity contribution >= 4 is 27.3 Å². The molecule has 0 saturated heterocycles. The summed E-state index contributed by atoms with van der Waals surface area (Å²) in [6, 6.07) is 12.2. The first-order valence-electron chi connectivity index (χ1n) is 10.2. The maximum Gasteiger partial charge on any atom is 0.254 e. The molecule has 2 N–H and O–H groups in total. The molecule has 30 heavy (non-hydrogen) atoms. The number of amides is 1. The molecule has 1 aromatic heterocycles. The molecule has 0 saturated carbocycles. The first-order valence-corrected chi connectivity index (χ1v) is 11.1. The van der Waals surface area contributed by atoms with Gasteiger partial charge in [-0.05, 0) is 66.3 Å². The molecule has 158 valence electrons. The van der Waals surface area contributed by atoms with Gasteiger partial charge in [0.25, 0.3) is 5.91 Å². The summed E-state index contributed by atoms with van der Waals surface area (Å²) in [6.45, 7) is 3.30. The number of thiophene rings is 1. The van der Waals surface area contributed by atoms with Gasteiger partial charge in [0.15, 0.2) is 11.5 Å². The van der Waals surface area contributed by atoms with E-state index in [0.29, 0.717) is 30.2 Å². The van der Waals surface area contributed by atoms with Crippen LogP contribution in [0.5, 0.6) is 11.5 Å². The number of carbonyl (C=O) groups is 1. The SMILES string of the molecule is COc1cc2c(cc1OC)C(=O)N(CCC(C)(N)CCc1csc3ccccc13)C2. The number of methoxy groups -OCH3 is 2. The minimum absolute atomic E-state index is 0.0329. The molecular weight excluding hydrogens is 396 g/mol. The van der Waals surface area contributed by atoms with E-state index in [0.717, 1.165) is 24.8 Å². The van der Waals surface area contributed by atoms with Crippen molar-refractivity contribution in [3.63, 3.8) is 0 Å². The van der Waals surface area contributed by atoms with Crippen molar-refractivity contribution in [1.29, 1.82) is 0 Å². The molecule has 6 heteroatoms. The predicted molar refractivity (Wildman–Crippen MR) is 122 cm³/mol. The van der Waals surface area contributed by atoms with E-state index in [9.17, 15) is 4.79 Å². The topological polar surface area (TPSA) is 64.8 Å². The third-order valence-corrected chi connectivity index (χ3v) is 6.98. The monoisotopic (exact) mass is 424 g/mol. The Kier molecular flexibility index (Phi) is 5.71. The van der Waals surface area contributed by atoms with Crippen LogP contribution in [0.4, 0.5) is 0 Å². The molecule has 1 atom stereocenters. The van der Waals surface area contributed by atoms with Crippen molar-refractivity contribution in [1.82, 2.24) is 4.90 Å². The fraction of sp³-hybridized carbons (Fsp3) is 0.375. The molecule has 3 aromatic rings. The maximum absolute atomic E-state index is 12.9. The van der Waals surface area contributed by atoms with Gasteiger partial charge in [0.1, 0.15) is 0 Å². The number of hydrogen-bond acceptors (Lipinski definition) is 5. The second-order valence-electron chi connectivity index (χ2n) is 8.25. The standard InChI is InChI=1S/C24H28N2O3S/c1-24(25,9-8-16-15-30-22-7-5-4-6-18(16)22)10-11-26-14-17-12-20(28-2)21(29-3)13-19(17)23(26)27/h4-7,12-13,15H,8-11,14,25H2,1-3H3. The van der Waals surface area contributed by atoms with Gasteiger partial charge in [-0.3, -0.25) is 4.79 Å². The molecule has 2 aromatic carbocycles. The van der Waals surface area contributed by atoms with Crippen LogP contribution in [-0.2, 0) is 13.0 Å². The first-order chi connectivity index (χ1) is 14.4. The molecule has 1 unspecified atom stereocenters. The second kappa shape index (κ2) is 8.28. The molecule has 5 nitrogen and oxygen atoms in total. The number of fused-ring (bicyclic) bond motifs is 2. The lowest BCUT2D eigenvalue weighted by atomic mass is 9.91. The zero-order chi connectivity index (χ0) is 21.3. The first kappa shape index (κ1) is 20.7. The highest BCUT2D eigenvalue weighted by Gasteiger charge is 2.31. The number of nitrogens with zero attached hydrogens (tertiary/aromatic N) is 1. The van der Waals surface area contributed by atoms with E-state index in [1.807, 2.05) is 11.0 Å². The Morgan fingerprint density at radius 1 is 1.13 bits per heavy atom. The van der Waals surface area contributed by atoms with Crippen LogP contribution in [0.2, 0.25) is 0 Å². The zero-order valence-corrected chi connectivity index (χ0v) is 18.6. The van der Waals surface area contributed by atoms with Gasteiger partial charge in [-0.2, -0.15) is 0 Å². The fourth-order valence-electron chi connectivity index (χ4n) is 4.04. The summed E-state index contributed by atoms with van der Waals surface area (Å²) in [7, 11) is 3.19. The molecule has 0 spiro atoms. The van der Waals surface area contributed by atoms with Gasteiger partial charge in [0.05, 0.1) is 14.2 Å². The zero-order valence-electron chi connectivity index (χ0n) is 17.7. The summed E-state index contributed by atoms with van der Waals surface area (Å²) in [5.74, 6) is 1.27. The Balaban J connectivity index is 1.38. The number of carbonyl (C=O) groups excluding carboxylic acids is 1. The second-order valence-corrected chi connectivity index (χ2v) is 9.16. The van der Waals surface area contributed by atoms with Gasteiger partial charge in [-0.25, -0.2) is 0 Å². The third kappa shape index (κ3) is 4.02. The van der Waals surface area contributed by atoms with E-state index in [2.05, 4.69) is 36.6 Å². The fourth-order valence-corrected chi connectivity index (χ4v) is 5.04. The summed E-state index contributed by atoms with van der Waals surface area (Å²) in [6.07, 6.45) is 2.58. The molecule has 1 aliphatic rings. The van der Waals surface area contributed by atoms with Crippen LogP contribution in [0, 0.1) is 0 Å². The third-order valence-electron chi connectivity index (χ3n) is 5.97. The van der Waals surface area contributed by atoms with Crippen LogP contribution in [0.3, 0.4) is 0 Å². The quantitative estimate of drug-likeness (QED) is 0.573. The van der Waals surface area contributed by atoms with Crippen LogP contribution >= 0.6 is 11.3 Å². The highest BCUT2D eigenvalue weighted by molar-refractivity contribution is 7.17. The maximum atomic E-state index is 12.9. The van der Waals surface area contributed by atoms with Crippen LogP contribution < -0.4 is 15.2 Å². The van der Waals surface area contributed by atoms with E-state index in [4.69, 9.17) is 15.2 Å². The van der Waals surface area contributed by atoms with Crippen LogP contribution in [-0.4, -0.2) is 37.1 Å². The molecule has 2 heterocycles. The molecule has 0 fully saturated rings. The van der Waals surface area contributed by atoms with E-state index in [-0.39, 0.29) is 11.4 Å². The summed E-state index contributed by atoms with van der Waals surface area (Å²) < 4.78 is 12.0. The minimum Gasteiger partial charge on any atom is -0.493 e. The van der Waals surface area contributed by atoms with Gasteiger partial charge >= 0.3 is 0 Å². The van der Waals surface area contributed by atoms with Crippen molar-refractivity contribution in [3.05, 3.63) is 58.5 Å². The van der Waals surface area contributed by atoms with Crippen LogP contribution in [0.1, 0.15) is 41.3 Å². The summed E-state index contributed by atoms with van der Waals surface area (Å²) in [5, 5.41) is 3.56. The normalized spacial score (nSPS) is 15.3. The van der Waals surface area contributed by atoms with Crippen LogP contribution in [0.25, 0.3) is 10.1 Å². The van der Waals surface area contributed by atoms with Crippen molar-refractivity contribution in [2.75, 3.05) is 20.8 Å². The summed E-state index contributed by atoms with van der Waals surface area (Å²) in [5.41, 5.74) is 9.30. The van der Waals surface area contributed by atoms with Crippen molar-refractivity contribution in [2.24, 2.45) is 5.73 Å². The largest absolute Gasteiger partial charge is 0.493 e.